The Morgan fingerprint density at radius 2 is 1.45 bits per heavy atom. The van der Waals surface area contributed by atoms with Gasteiger partial charge in [0.05, 0.1) is 0 Å². The molecule has 22 heavy (non-hydrogen) atoms. The van der Waals surface area contributed by atoms with Crippen molar-refractivity contribution in [2.24, 2.45) is 10.8 Å². The van der Waals surface area contributed by atoms with Crippen molar-refractivity contribution in [2.75, 3.05) is 0 Å². The van der Waals surface area contributed by atoms with E-state index in [1.54, 1.807) is 0 Å². The topological polar surface area (TPSA) is 20.2 Å². The molecule has 0 radical (unpaired) electrons. The molecule has 0 unspecified atom stereocenters. The molecule has 0 heterocycles. The molecule has 0 aromatic heterocycles. The highest BCUT2D eigenvalue weighted by Crippen LogP contribution is 2.29. The van der Waals surface area contributed by atoms with Crippen molar-refractivity contribution in [1.29, 1.82) is 0 Å². The van der Waals surface area contributed by atoms with Crippen LogP contribution >= 0.6 is 0 Å². The Labute approximate surface area is 138 Å². The summed E-state index contributed by atoms with van der Waals surface area (Å²) in [6.07, 6.45) is 8.38. The quantitative estimate of drug-likeness (QED) is 0.579. The smallest absolute Gasteiger partial charge is 0.115 e. The van der Waals surface area contributed by atoms with Gasteiger partial charge in [-0.25, -0.2) is 0 Å². The van der Waals surface area contributed by atoms with Gasteiger partial charge in [0.25, 0.3) is 0 Å². The van der Waals surface area contributed by atoms with Crippen LogP contribution in [0.4, 0.5) is 0 Å². The minimum atomic E-state index is 0.391. The summed E-state index contributed by atoms with van der Waals surface area (Å²) in [6, 6.07) is 5.94. The number of hydrogen-bond donors (Lipinski definition) is 1. The van der Waals surface area contributed by atoms with E-state index in [1.165, 1.54) is 43.2 Å². The number of aromatic hydroxyl groups is 1. The fourth-order valence-electron chi connectivity index (χ4n) is 2.83. The molecule has 0 saturated carbocycles. The van der Waals surface area contributed by atoms with Crippen molar-refractivity contribution in [3.05, 3.63) is 29.3 Å². The lowest BCUT2D eigenvalue weighted by Gasteiger charge is -2.22. The van der Waals surface area contributed by atoms with Crippen LogP contribution in [0.15, 0.2) is 18.2 Å². The largest absolute Gasteiger partial charge is 0.508 e. The third-order valence-electron chi connectivity index (χ3n) is 4.82. The van der Waals surface area contributed by atoms with E-state index in [-0.39, 0.29) is 0 Å². The number of phenols is 1. The maximum atomic E-state index is 9.79. The van der Waals surface area contributed by atoms with E-state index in [2.05, 4.69) is 47.6 Å². The molecule has 1 aromatic carbocycles. The van der Waals surface area contributed by atoms with E-state index in [0.717, 1.165) is 12.8 Å². The van der Waals surface area contributed by atoms with Gasteiger partial charge in [-0.15, -0.1) is 0 Å². The van der Waals surface area contributed by atoms with Crippen LogP contribution in [0.5, 0.6) is 5.75 Å². The van der Waals surface area contributed by atoms with Gasteiger partial charge >= 0.3 is 0 Å². The first-order valence-corrected chi connectivity index (χ1v) is 8.94. The predicted octanol–water partition coefficient (Wildman–Crippen LogP) is 6.52. The molecule has 1 aromatic rings. The second kappa shape index (κ2) is 8.04. The van der Waals surface area contributed by atoms with Gasteiger partial charge in [-0.2, -0.15) is 0 Å². The van der Waals surface area contributed by atoms with Crippen molar-refractivity contribution in [1.82, 2.24) is 0 Å². The molecule has 1 heteroatoms. The summed E-state index contributed by atoms with van der Waals surface area (Å²) in [6.45, 7) is 13.9. The molecule has 1 N–H and O–H groups in total. The molecule has 0 saturated heterocycles. The Morgan fingerprint density at radius 3 is 2.05 bits per heavy atom. The average Bonchev–Trinajstić information content (AvgIpc) is 2.39. The van der Waals surface area contributed by atoms with E-state index in [4.69, 9.17) is 0 Å². The highest BCUT2D eigenvalue weighted by molar-refractivity contribution is 5.35. The molecule has 0 aliphatic carbocycles. The minimum absolute atomic E-state index is 0.391. The lowest BCUT2D eigenvalue weighted by Crippen LogP contribution is -2.10. The van der Waals surface area contributed by atoms with Gasteiger partial charge in [0.2, 0.25) is 0 Å². The van der Waals surface area contributed by atoms with Gasteiger partial charge < -0.3 is 5.11 Å². The molecule has 0 fully saturated rings. The van der Waals surface area contributed by atoms with Gasteiger partial charge in [0, 0.05) is 0 Å². The lowest BCUT2D eigenvalue weighted by molar-refractivity contribution is 0.313. The molecule has 0 atom stereocenters. The Balaban J connectivity index is 2.62. The molecule has 1 nitrogen and oxygen atoms in total. The molecule has 0 aliphatic rings. The minimum Gasteiger partial charge on any atom is -0.508 e. The summed E-state index contributed by atoms with van der Waals surface area (Å²) in [7, 11) is 0. The third-order valence-corrected chi connectivity index (χ3v) is 4.82. The second-order valence-electron chi connectivity index (χ2n) is 8.74. The number of benzene rings is 1. The number of hydrogen-bond acceptors (Lipinski definition) is 1. The zero-order chi connectivity index (χ0) is 16.8. The Hall–Kier alpha value is -0.980. The normalized spacial score (nSPS) is 12.6. The summed E-state index contributed by atoms with van der Waals surface area (Å²) in [5, 5.41) is 9.79. The Bertz CT molecular complexity index is 451. The predicted molar refractivity (Wildman–Crippen MR) is 97.5 cm³/mol. The SMILES string of the molecule is CCC(C)(C)CCCc1ccc(O)cc1CCCC(C)(C)C. The molecular weight excluding hydrogens is 268 g/mol. The summed E-state index contributed by atoms with van der Waals surface area (Å²) < 4.78 is 0. The van der Waals surface area contributed by atoms with Gasteiger partial charge in [-0.3, -0.25) is 0 Å². The summed E-state index contributed by atoms with van der Waals surface area (Å²) in [4.78, 5) is 0. The molecule has 0 aliphatic heterocycles. The van der Waals surface area contributed by atoms with E-state index < -0.39 is 0 Å². The molecular formula is C21H36O. The van der Waals surface area contributed by atoms with Crippen LogP contribution in [-0.2, 0) is 12.8 Å². The fraction of sp³-hybridized carbons (Fsp3) is 0.714. The summed E-state index contributed by atoms with van der Waals surface area (Å²) in [5.41, 5.74) is 3.61. The van der Waals surface area contributed by atoms with E-state index in [1.807, 2.05) is 12.1 Å². The monoisotopic (exact) mass is 304 g/mol. The number of rotatable bonds is 8. The van der Waals surface area contributed by atoms with Gasteiger partial charge in [-0.05, 0) is 72.6 Å². The van der Waals surface area contributed by atoms with Crippen LogP contribution in [0.3, 0.4) is 0 Å². The average molecular weight is 305 g/mol. The summed E-state index contributed by atoms with van der Waals surface area (Å²) in [5.74, 6) is 0.406. The molecule has 0 amide bonds. The maximum Gasteiger partial charge on any atom is 0.115 e. The molecule has 0 spiro atoms. The van der Waals surface area contributed by atoms with Crippen LogP contribution in [-0.4, -0.2) is 5.11 Å². The highest BCUT2D eigenvalue weighted by atomic mass is 16.3. The number of phenolic OH excluding ortho intramolecular Hbond substituents is 1. The van der Waals surface area contributed by atoms with E-state index in [9.17, 15) is 5.11 Å². The first-order valence-electron chi connectivity index (χ1n) is 8.94. The first-order chi connectivity index (χ1) is 10.1. The molecule has 126 valence electrons. The van der Waals surface area contributed by atoms with E-state index in [0.29, 0.717) is 16.6 Å². The third kappa shape index (κ3) is 7.33. The van der Waals surface area contributed by atoms with Crippen LogP contribution in [0.1, 0.15) is 84.8 Å². The van der Waals surface area contributed by atoms with Gasteiger partial charge in [0.15, 0.2) is 0 Å². The fourth-order valence-corrected chi connectivity index (χ4v) is 2.83. The number of aryl methyl sites for hydroxylation is 2. The summed E-state index contributed by atoms with van der Waals surface area (Å²) >= 11 is 0. The van der Waals surface area contributed by atoms with E-state index >= 15 is 0 Å². The molecule has 1 rings (SSSR count). The molecule has 0 bridgehead atoms. The second-order valence-corrected chi connectivity index (χ2v) is 8.74. The first kappa shape index (κ1) is 19.1. The standard InChI is InChI=1S/C21H36O/c1-7-21(5,6)15-9-10-17-12-13-19(22)16-18(17)11-8-14-20(2,3)4/h12-13,16,22H,7-11,14-15H2,1-6H3. The van der Waals surface area contributed by atoms with Crippen LogP contribution in [0, 0.1) is 10.8 Å². The zero-order valence-electron chi connectivity index (χ0n) is 15.6. The van der Waals surface area contributed by atoms with Crippen molar-refractivity contribution in [3.8, 4) is 5.75 Å². The van der Waals surface area contributed by atoms with Crippen LogP contribution in [0.25, 0.3) is 0 Å². The van der Waals surface area contributed by atoms with Crippen LogP contribution in [0.2, 0.25) is 0 Å². The van der Waals surface area contributed by atoms with Gasteiger partial charge in [0.1, 0.15) is 5.75 Å². The van der Waals surface area contributed by atoms with Crippen molar-refractivity contribution < 1.29 is 5.11 Å². The van der Waals surface area contributed by atoms with Crippen molar-refractivity contribution in [3.63, 3.8) is 0 Å². The zero-order valence-corrected chi connectivity index (χ0v) is 15.6. The van der Waals surface area contributed by atoms with Gasteiger partial charge in [-0.1, -0.05) is 54.0 Å². The maximum absolute atomic E-state index is 9.79. The Kier molecular flexibility index (Phi) is 6.97. The van der Waals surface area contributed by atoms with Crippen molar-refractivity contribution >= 4 is 0 Å². The van der Waals surface area contributed by atoms with Crippen molar-refractivity contribution in [2.45, 2.75) is 86.5 Å². The highest BCUT2D eigenvalue weighted by Gasteiger charge is 2.15. The Morgan fingerprint density at radius 1 is 0.864 bits per heavy atom. The lowest BCUT2D eigenvalue weighted by atomic mass is 9.83. The van der Waals surface area contributed by atoms with Crippen LogP contribution < -0.4 is 0 Å².